The molecule has 4 nitrogen and oxygen atoms in total. The van der Waals surface area contributed by atoms with Crippen LogP contribution in [0.1, 0.15) is 168 Å². The van der Waals surface area contributed by atoms with Gasteiger partial charge in [0.2, 0.25) is 0 Å². The number of benzene rings is 16. The Morgan fingerprint density at radius 3 is 1.15 bits per heavy atom. The lowest BCUT2D eigenvalue weighted by Crippen LogP contribution is -2.61. The molecule has 122 heavy (non-hydrogen) atoms. The van der Waals surface area contributed by atoms with Crippen molar-refractivity contribution in [1.29, 1.82) is 0 Å². The van der Waals surface area contributed by atoms with Crippen molar-refractivity contribution in [1.82, 2.24) is 9.13 Å². The molecule has 0 atom stereocenters. The molecule has 0 amide bonds. The number of hydrogen-bond acceptors (Lipinski definition) is 2. The molecule has 594 valence electrons. The van der Waals surface area contributed by atoms with Gasteiger partial charge in [-0.2, -0.15) is 0 Å². The average Bonchev–Trinajstić information content (AvgIpc) is 1.48. The molecule has 16 aromatic carbocycles. The maximum absolute atomic E-state index is 10.3. The summed E-state index contributed by atoms with van der Waals surface area (Å²) in [5.41, 5.74) is 26.3. The number of para-hydroxylation sites is 1. The van der Waals surface area contributed by atoms with Gasteiger partial charge in [0.25, 0.3) is 6.71 Å². The predicted octanol–water partition coefficient (Wildman–Crippen LogP) is 29.5. The second kappa shape index (κ2) is 27.9. The molecule has 4 heterocycles. The number of rotatable bonds is 10. The van der Waals surface area contributed by atoms with Crippen molar-refractivity contribution in [2.45, 2.75) is 136 Å². The minimum atomic E-state index is -2.17. The van der Waals surface area contributed by atoms with Gasteiger partial charge in [-0.25, -0.2) is 0 Å². The third-order valence-electron chi connectivity index (χ3n) is 26.3. The minimum absolute atomic E-state index is 0.160. The van der Waals surface area contributed by atoms with Gasteiger partial charge < -0.3 is 18.9 Å². The first kappa shape index (κ1) is 65.6. The van der Waals surface area contributed by atoms with Crippen molar-refractivity contribution in [3.05, 3.63) is 402 Å². The van der Waals surface area contributed by atoms with Crippen molar-refractivity contribution in [3.8, 4) is 67.0 Å². The van der Waals surface area contributed by atoms with Crippen LogP contribution in [-0.4, -0.2) is 15.8 Å². The molecular formula is C117H103BN4. The number of anilines is 6. The second-order valence-corrected chi connectivity index (χ2v) is 38.9. The number of fused-ring (bicyclic) bond motifs is 13. The van der Waals surface area contributed by atoms with Crippen LogP contribution in [0.5, 0.6) is 0 Å². The van der Waals surface area contributed by atoms with Crippen molar-refractivity contribution in [2.75, 3.05) is 9.80 Å². The third-order valence-corrected chi connectivity index (χ3v) is 26.3. The van der Waals surface area contributed by atoms with Crippen LogP contribution in [0.3, 0.4) is 0 Å². The quantitative estimate of drug-likeness (QED) is 0.127. The Labute approximate surface area is 734 Å². The molecule has 1 aliphatic carbocycles. The first-order valence-electron chi connectivity index (χ1n) is 47.9. The molecule has 0 saturated heterocycles. The lowest BCUT2D eigenvalue weighted by molar-refractivity contribution is 0.590. The van der Waals surface area contributed by atoms with Gasteiger partial charge in [0.05, 0.1) is 58.3 Å². The van der Waals surface area contributed by atoms with Crippen LogP contribution < -0.4 is 26.2 Å². The van der Waals surface area contributed by atoms with Crippen LogP contribution in [0.15, 0.2) is 352 Å². The summed E-state index contributed by atoms with van der Waals surface area (Å²) < 4.78 is 103. The van der Waals surface area contributed by atoms with Gasteiger partial charge >= 0.3 is 0 Å². The topological polar surface area (TPSA) is 16.3 Å². The van der Waals surface area contributed by atoms with Crippen molar-refractivity contribution >= 4 is 101 Å². The Kier molecular flexibility index (Phi) is 15.0. The van der Waals surface area contributed by atoms with E-state index >= 15 is 0 Å². The highest BCUT2D eigenvalue weighted by molar-refractivity contribution is 7.00. The highest BCUT2D eigenvalue weighted by Crippen LogP contribution is 2.60. The Morgan fingerprint density at radius 1 is 0.270 bits per heavy atom. The number of aromatic nitrogens is 2. The molecule has 2 aliphatic heterocycles. The molecule has 2 aromatic heterocycles. The molecule has 0 unspecified atom stereocenters. The molecule has 5 heteroatoms. The van der Waals surface area contributed by atoms with Gasteiger partial charge in [-0.15, -0.1) is 0 Å². The van der Waals surface area contributed by atoms with E-state index in [1.807, 2.05) is 42.5 Å². The van der Waals surface area contributed by atoms with E-state index in [1.165, 1.54) is 27.8 Å². The zero-order valence-electron chi connectivity index (χ0n) is 82.1. The van der Waals surface area contributed by atoms with Crippen molar-refractivity contribution in [2.24, 2.45) is 0 Å². The zero-order chi connectivity index (χ0) is 92.5. The van der Waals surface area contributed by atoms with Crippen LogP contribution >= 0.6 is 0 Å². The monoisotopic (exact) mass is 1580 g/mol. The fraction of sp³-hybridized carbons (Fsp3) is 0.179. The summed E-state index contributed by atoms with van der Waals surface area (Å²) in [5.74, 6) is 0. The highest BCUT2D eigenvalue weighted by atomic mass is 15.2. The summed E-state index contributed by atoms with van der Waals surface area (Å²) in [6, 6.07) is 100. The van der Waals surface area contributed by atoms with Crippen molar-refractivity contribution < 1.29 is 13.7 Å². The summed E-state index contributed by atoms with van der Waals surface area (Å²) in [5, 5.41) is 4.61. The summed E-state index contributed by atoms with van der Waals surface area (Å²) in [7, 11) is 0. The van der Waals surface area contributed by atoms with E-state index in [0.29, 0.717) is 33.4 Å². The Balaban J connectivity index is 0.966. The standard InChI is InChI=1S/C117H103BN4/c1-112(2,3)80-52-60-100(92(66-80)76-39-25-18-26-40-76)121-106-71-85(119-101-61-53-81(113(4,5)6)67-93(101)94-68-82(114(7,8)9)54-62-102(94)119)57-58-98(106)118-99-65-77(87-46-33-49-91-90-45-31-32-50-97(90)117(109(87)91,78-41-27-19-28-42-78)79-43-29-20-30-44-79)51-59-105(99)122(111-88(74-35-21-16-22-36-74)47-34-48-89(111)75-37-23-17-24-38-75)108-73-86(72-107(121)110(108)118)120-103-63-55-83(115(10,11)12)69-95(103)96-70-84(116(13,14)15)56-64-104(96)120/h16-73H,1-15H3/i19D,20D,27D,28D,29D,30D,41D,42D,43D,44D. The van der Waals surface area contributed by atoms with E-state index in [4.69, 9.17) is 2.74 Å². The SMILES string of the molecule is [2H]c1c([2H])c([2H])c(C2(c3c([2H])c([2H])c([2H])c([2H])c3[2H])c3ccccc3-c3cccc(-c4ccc5c(c4)B4c6ccc(-n7c8ccc(C(C)(C)C)cc8c8cc(C(C)(C)C)ccc87)cc6N(c6ccc(C(C)(C)C)cc6-c6ccccc6)c6cc(-n7c8ccc(C(C)(C)C)cc8c8cc(C(C)(C)C)ccc87)cc(c64)N5c4c(-c5ccccc5)cccc4-c4ccccc4)c32)c([2H])c1[2H]. The van der Waals surface area contributed by atoms with E-state index in [0.717, 1.165) is 139 Å². The first-order valence-corrected chi connectivity index (χ1v) is 42.9. The molecule has 0 bridgehead atoms. The minimum Gasteiger partial charge on any atom is -0.311 e. The Hall–Kier alpha value is -13.2. The van der Waals surface area contributed by atoms with Crippen LogP contribution in [0.2, 0.25) is 0 Å². The van der Waals surface area contributed by atoms with E-state index in [-0.39, 0.29) is 38.2 Å². The lowest BCUT2D eigenvalue weighted by Gasteiger charge is -2.46. The van der Waals surface area contributed by atoms with Crippen LogP contribution in [-0.2, 0) is 32.5 Å². The fourth-order valence-electron chi connectivity index (χ4n) is 20.0. The summed E-state index contributed by atoms with van der Waals surface area (Å²) in [4.78, 5) is 5.12. The van der Waals surface area contributed by atoms with E-state index in [9.17, 15) is 11.0 Å². The molecular weight excluding hydrogens is 1470 g/mol. The van der Waals surface area contributed by atoms with Crippen LogP contribution in [0.25, 0.3) is 111 Å². The Bertz CT molecular complexity index is 7600. The first-order chi connectivity index (χ1) is 62.8. The van der Waals surface area contributed by atoms with Gasteiger partial charge in [-0.05, 0) is 223 Å². The maximum Gasteiger partial charge on any atom is 0.252 e. The third kappa shape index (κ3) is 12.1. The normalized spacial score (nSPS) is 14.9. The fourth-order valence-corrected chi connectivity index (χ4v) is 20.0. The van der Waals surface area contributed by atoms with Crippen LogP contribution in [0.4, 0.5) is 34.1 Å². The van der Waals surface area contributed by atoms with Gasteiger partial charge in [-0.3, -0.25) is 0 Å². The number of hydrogen-bond donors (Lipinski definition) is 0. The molecule has 18 aromatic rings. The van der Waals surface area contributed by atoms with Gasteiger partial charge in [0, 0.05) is 66.7 Å². The van der Waals surface area contributed by atoms with Gasteiger partial charge in [0.1, 0.15) is 0 Å². The number of nitrogens with zero attached hydrogens (tertiary/aromatic N) is 4. The maximum atomic E-state index is 10.3. The predicted molar refractivity (Wildman–Crippen MR) is 522 cm³/mol. The van der Waals surface area contributed by atoms with Gasteiger partial charge in [0.15, 0.2) is 0 Å². The van der Waals surface area contributed by atoms with E-state index in [1.54, 1.807) is 0 Å². The lowest BCUT2D eigenvalue weighted by atomic mass is 9.33. The molecule has 0 spiro atoms. The smallest absolute Gasteiger partial charge is 0.252 e. The molecule has 3 aliphatic rings. The second-order valence-electron chi connectivity index (χ2n) is 38.9. The van der Waals surface area contributed by atoms with E-state index < -0.39 is 72.6 Å². The van der Waals surface area contributed by atoms with Crippen molar-refractivity contribution in [3.63, 3.8) is 0 Å². The Morgan fingerprint density at radius 2 is 0.664 bits per heavy atom. The molecule has 21 rings (SSSR count). The van der Waals surface area contributed by atoms with Gasteiger partial charge in [-0.1, -0.05) is 364 Å². The molecule has 0 N–H and O–H groups in total. The van der Waals surface area contributed by atoms with Crippen LogP contribution in [0, 0.1) is 0 Å². The average molecular weight is 1590 g/mol. The highest BCUT2D eigenvalue weighted by Gasteiger charge is 2.50. The summed E-state index contributed by atoms with van der Waals surface area (Å²) >= 11 is 0. The zero-order valence-corrected chi connectivity index (χ0v) is 72.1. The summed E-state index contributed by atoms with van der Waals surface area (Å²) in [6.07, 6.45) is 0. The molecule has 0 fully saturated rings. The largest absolute Gasteiger partial charge is 0.311 e. The summed E-state index contributed by atoms with van der Waals surface area (Å²) in [6.45, 7) is 33.7. The molecule has 0 radical (unpaired) electrons. The molecule has 0 saturated carbocycles. The van der Waals surface area contributed by atoms with E-state index in [2.05, 4.69) is 372 Å².